The zero-order valence-electron chi connectivity index (χ0n) is 24.3. The first-order valence-corrected chi connectivity index (χ1v) is 13.7. The first-order valence-electron chi connectivity index (χ1n) is 13.7. The van der Waals surface area contributed by atoms with Crippen molar-refractivity contribution in [3.05, 3.63) is 0 Å². The summed E-state index contributed by atoms with van der Waals surface area (Å²) in [5.41, 5.74) is -1.33. The third-order valence-corrected chi connectivity index (χ3v) is 7.50. The molecule has 2 fully saturated rings. The molecule has 2 aliphatic rings. The molecule has 9 nitrogen and oxygen atoms in total. The molecule has 0 spiro atoms. The minimum absolute atomic E-state index is 0.0171. The smallest absolute Gasteiger partial charge is 0.408 e. The van der Waals surface area contributed by atoms with Crippen LogP contribution in [0.4, 0.5) is 4.79 Å². The van der Waals surface area contributed by atoms with Crippen LogP contribution in [0.2, 0.25) is 0 Å². The fourth-order valence-electron chi connectivity index (χ4n) is 5.53. The highest BCUT2D eigenvalue weighted by atomic mass is 16.6. The predicted octanol–water partition coefficient (Wildman–Crippen LogP) is 4.04. The summed E-state index contributed by atoms with van der Waals surface area (Å²) < 4.78 is 10.5. The molecule has 1 aliphatic heterocycles. The summed E-state index contributed by atoms with van der Waals surface area (Å²) in [6.07, 6.45) is 4.74. The van der Waals surface area contributed by atoms with Crippen molar-refractivity contribution in [2.75, 3.05) is 13.7 Å². The van der Waals surface area contributed by atoms with Gasteiger partial charge in [-0.3, -0.25) is 9.59 Å². The van der Waals surface area contributed by atoms with Crippen LogP contribution in [0.15, 0.2) is 0 Å². The number of ether oxygens (including phenoxy) is 2. The molecule has 0 aromatic heterocycles. The Morgan fingerprint density at radius 2 is 1.49 bits per heavy atom. The number of carbonyl (C=O) groups is 4. The zero-order valence-corrected chi connectivity index (χ0v) is 24.3. The summed E-state index contributed by atoms with van der Waals surface area (Å²) in [5, 5.41) is 5.76. The second kappa shape index (κ2) is 12.5. The topological polar surface area (TPSA) is 114 Å². The maximum absolute atomic E-state index is 13.9. The van der Waals surface area contributed by atoms with E-state index in [4.69, 9.17) is 9.47 Å². The highest BCUT2D eigenvalue weighted by Crippen LogP contribution is 2.34. The van der Waals surface area contributed by atoms with E-state index in [1.165, 1.54) is 7.11 Å². The lowest BCUT2D eigenvalue weighted by Crippen LogP contribution is -2.61. The number of hydrogen-bond donors (Lipinski definition) is 2. The fourth-order valence-corrected chi connectivity index (χ4v) is 5.53. The Kier molecular flexibility index (Phi) is 10.4. The second-order valence-electron chi connectivity index (χ2n) is 13.0. The number of hydrogen-bond acceptors (Lipinski definition) is 6. The van der Waals surface area contributed by atoms with Gasteiger partial charge in [-0.15, -0.1) is 0 Å². The number of nitrogens with one attached hydrogen (secondary N) is 2. The van der Waals surface area contributed by atoms with Crippen LogP contribution >= 0.6 is 0 Å². The van der Waals surface area contributed by atoms with Crippen molar-refractivity contribution in [1.82, 2.24) is 15.5 Å². The molecule has 0 aromatic carbocycles. The standard InChI is InChI=1S/C28H49N3O6/c1-17(2)19-15-16-31(21(19)25(34)36-9)24(33)22(27(3,4)5)30-23(32)20(18-13-11-10-12-14-18)29-26(35)37-28(6,7)8/h17-22H,10-16H2,1-9H3,(H,29,35)(H,30,32)/t19?,20-,21-,22+/m0/s1. The maximum Gasteiger partial charge on any atom is 0.408 e. The Labute approximate surface area is 222 Å². The second-order valence-corrected chi connectivity index (χ2v) is 13.0. The first-order chi connectivity index (χ1) is 17.1. The molecule has 1 heterocycles. The third kappa shape index (κ3) is 8.34. The number of rotatable bonds is 7. The van der Waals surface area contributed by atoms with E-state index in [-0.39, 0.29) is 23.7 Å². The van der Waals surface area contributed by atoms with Gasteiger partial charge in [-0.2, -0.15) is 0 Å². The van der Waals surface area contributed by atoms with Crippen molar-refractivity contribution >= 4 is 23.9 Å². The van der Waals surface area contributed by atoms with E-state index in [0.29, 0.717) is 13.0 Å². The number of alkyl carbamates (subject to hydrolysis) is 1. The van der Waals surface area contributed by atoms with Crippen molar-refractivity contribution in [2.24, 2.45) is 23.2 Å². The number of methoxy groups -OCH3 is 1. The van der Waals surface area contributed by atoms with E-state index >= 15 is 0 Å². The number of likely N-dealkylation sites (tertiary alicyclic amines) is 1. The van der Waals surface area contributed by atoms with Crippen molar-refractivity contribution in [3.63, 3.8) is 0 Å². The minimum atomic E-state index is -0.885. The fraction of sp³-hybridized carbons (Fsp3) is 0.857. The largest absolute Gasteiger partial charge is 0.467 e. The summed E-state index contributed by atoms with van der Waals surface area (Å²) in [6, 6.07) is -2.39. The molecule has 2 N–H and O–H groups in total. The van der Waals surface area contributed by atoms with Gasteiger partial charge in [-0.1, -0.05) is 53.9 Å². The van der Waals surface area contributed by atoms with Crippen molar-refractivity contribution in [3.8, 4) is 0 Å². The summed E-state index contributed by atoms with van der Waals surface area (Å²) in [6.45, 7) is 15.5. The molecule has 0 bridgehead atoms. The third-order valence-electron chi connectivity index (χ3n) is 7.50. The highest BCUT2D eigenvalue weighted by molar-refractivity contribution is 5.94. The number of nitrogens with zero attached hydrogens (tertiary/aromatic N) is 1. The van der Waals surface area contributed by atoms with Gasteiger partial charge in [0.2, 0.25) is 11.8 Å². The summed E-state index contributed by atoms with van der Waals surface area (Å²) in [5.74, 6) is -1.01. The van der Waals surface area contributed by atoms with E-state index in [0.717, 1.165) is 32.1 Å². The van der Waals surface area contributed by atoms with Crippen LogP contribution in [0.3, 0.4) is 0 Å². The lowest BCUT2D eigenvalue weighted by molar-refractivity contribution is -0.155. The number of carbonyl (C=O) groups excluding carboxylic acids is 4. The van der Waals surface area contributed by atoms with Crippen LogP contribution in [0.25, 0.3) is 0 Å². The summed E-state index contributed by atoms with van der Waals surface area (Å²) in [7, 11) is 1.33. The molecular weight excluding hydrogens is 474 g/mol. The van der Waals surface area contributed by atoms with Crippen molar-refractivity contribution in [2.45, 2.75) is 118 Å². The Balaban J connectivity index is 2.31. The minimum Gasteiger partial charge on any atom is -0.467 e. The van der Waals surface area contributed by atoms with Crippen LogP contribution in [0.5, 0.6) is 0 Å². The Bertz CT molecular complexity index is 823. The van der Waals surface area contributed by atoms with Crippen LogP contribution in [-0.4, -0.2) is 66.2 Å². The molecule has 0 aromatic rings. The average Bonchev–Trinajstić information content (AvgIpc) is 3.24. The molecule has 3 amide bonds. The van der Waals surface area contributed by atoms with Crippen LogP contribution < -0.4 is 10.6 Å². The van der Waals surface area contributed by atoms with Gasteiger partial charge in [0.1, 0.15) is 23.7 Å². The maximum atomic E-state index is 13.9. The molecule has 9 heteroatoms. The van der Waals surface area contributed by atoms with Crippen LogP contribution in [0, 0.1) is 23.2 Å². The quantitative estimate of drug-likeness (QED) is 0.487. The molecule has 212 valence electrons. The van der Waals surface area contributed by atoms with Gasteiger partial charge in [-0.05, 0) is 63.2 Å². The van der Waals surface area contributed by atoms with Gasteiger partial charge in [0.15, 0.2) is 0 Å². The number of esters is 1. The molecule has 0 radical (unpaired) electrons. The van der Waals surface area contributed by atoms with E-state index in [9.17, 15) is 19.2 Å². The normalized spacial score (nSPS) is 22.8. The molecule has 37 heavy (non-hydrogen) atoms. The highest BCUT2D eigenvalue weighted by Gasteiger charge is 2.48. The van der Waals surface area contributed by atoms with Gasteiger partial charge >= 0.3 is 12.1 Å². The summed E-state index contributed by atoms with van der Waals surface area (Å²) >= 11 is 0. The molecule has 1 saturated carbocycles. The first kappa shape index (κ1) is 30.9. The van der Waals surface area contributed by atoms with Crippen LogP contribution in [-0.2, 0) is 23.9 Å². The average molecular weight is 524 g/mol. The number of amides is 3. The van der Waals surface area contributed by atoms with Gasteiger partial charge in [-0.25, -0.2) is 9.59 Å². The van der Waals surface area contributed by atoms with E-state index in [2.05, 4.69) is 10.6 Å². The molecular formula is C28H49N3O6. The molecule has 1 aliphatic carbocycles. The molecule has 1 saturated heterocycles. The van der Waals surface area contributed by atoms with Crippen molar-refractivity contribution in [1.29, 1.82) is 0 Å². The Morgan fingerprint density at radius 1 is 0.892 bits per heavy atom. The monoisotopic (exact) mass is 523 g/mol. The molecule has 2 rings (SSSR count). The Morgan fingerprint density at radius 3 is 1.97 bits per heavy atom. The zero-order chi connectivity index (χ0) is 28.1. The van der Waals surface area contributed by atoms with Gasteiger partial charge < -0.3 is 25.0 Å². The van der Waals surface area contributed by atoms with E-state index in [1.54, 1.807) is 25.7 Å². The lowest BCUT2D eigenvalue weighted by atomic mass is 9.82. The van der Waals surface area contributed by atoms with Gasteiger partial charge in [0.05, 0.1) is 7.11 Å². The van der Waals surface area contributed by atoms with Crippen molar-refractivity contribution < 1.29 is 28.7 Å². The Hall–Kier alpha value is -2.32. The summed E-state index contributed by atoms with van der Waals surface area (Å²) in [4.78, 5) is 54.6. The molecule has 1 unspecified atom stereocenters. The van der Waals surface area contributed by atoms with Crippen LogP contribution in [0.1, 0.15) is 93.9 Å². The lowest BCUT2D eigenvalue weighted by Gasteiger charge is -2.38. The van der Waals surface area contributed by atoms with E-state index < -0.39 is 47.1 Å². The SMILES string of the molecule is COC(=O)[C@@H]1C(C(C)C)CCN1C(=O)[C@@H](NC(=O)[C@@H](NC(=O)OC(C)(C)C)C1CCCCC1)C(C)(C)C. The van der Waals surface area contributed by atoms with E-state index in [1.807, 2.05) is 34.6 Å². The molecule has 4 atom stereocenters. The van der Waals surface area contributed by atoms with Gasteiger partial charge in [0, 0.05) is 6.54 Å². The van der Waals surface area contributed by atoms with Gasteiger partial charge in [0.25, 0.3) is 0 Å². The predicted molar refractivity (Wildman–Crippen MR) is 142 cm³/mol.